The van der Waals surface area contributed by atoms with Gasteiger partial charge < -0.3 is 14.6 Å². The van der Waals surface area contributed by atoms with Crippen LogP contribution in [0.4, 0.5) is 0 Å². The molecular weight excluding hydrogens is 380 g/mol. The van der Waals surface area contributed by atoms with Gasteiger partial charge in [0.05, 0.1) is 19.0 Å². The fourth-order valence-electron chi connectivity index (χ4n) is 2.99. The number of hydrogen-bond acceptors (Lipinski definition) is 5. The van der Waals surface area contributed by atoms with E-state index in [4.69, 9.17) is 14.6 Å². The van der Waals surface area contributed by atoms with Crippen LogP contribution in [-0.4, -0.2) is 40.9 Å². The standard InChI is InChI=1S/C24H34N2O4/c1-2-3-15-29-16-7-8-17-30-22-18-25-24(26-19-22)21-13-11-20(12-14-21)9-5-4-6-10-23(27)28/h11-14,18-19H,2-10,15-17H2,1H3,(H,27,28). The molecule has 30 heavy (non-hydrogen) atoms. The molecule has 1 aromatic heterocycles. The molecule has 2 rings (SSSR count). The van der Waals surface area contributed by atoms with Crippen molar-refractivity contribution in [3.05, 3.63) is 42.2 Å². The zero-order valence-corrected chi connectivity index (χ0v) is 18.0. The molecule has 6 heteroatoms. The lowest BCUT2D eigenvalue weighted by Crippen LogP contribution is -2.02. The number of carboxylic acid groups (broad SMARTS) is 1. The first-order chi connectivity index (χ1) is 14.7. The molecule has 1 heterocycles. The van der Waals surface area contributed by atoms with Crippen LogP contribution in [0.5, 0.6) is 5.75 Å². The van der Waals surface area contributed by atoms with Crippen molar-refractivity contribution in [2.24, 2.45) is 0 Å². The molecule has 0 amide bonds. The third kappa shape index (κ3) is 9.83. The lowest BCUT2D eigenvalue weighted by atomic mass is 10.0. The second-order valence-electron chi connectivity index (χ2n) is 7.42. The summed E-state index contributed by atoms with van der Waals surface area (Å²) in [6, 6.07) is 8.23. The van der Waals surface area contributed by atoms with Crippen LogP contribution >= 0.6 is 0 Å². The molecule has 1 N–H and O–H groups in total. The molecule has 0 aliphatic carbocycles. The summed E-state index contributed by atoms with van der Waals surface area (Å²) in [5.41, 5.74) is 2.22. The smallest absolute Gasteiger partial charge is 0.303 e. The lowest BCUT2D eigenvalue weighted by Gasteiger charge is -2.07. The van der Waals surface area contributed by atoms with Gasteiger partial charge in [-0.15, -0.1) is 0 Å². The van der Waals surface area contributed by atoms with E-state index >= 15 is 0 Å². The van der Waals surface area contributed by atoms with Crippen LogP contribution in [0.15, 0.2) is 36.7 Å². The third-order valence-corrected chi connectivity index (χ3v) is 4.79. The Kier molecular flexibility index (Phi) is 11.5. The number of nitrogens with zero attached hydrogens (tertiary/aromatic N) is 2. The number of carbonyl (C=O) groups is 1. The minimum Gasteiger partial charge on any atom is -0.490 e. The first kappa shape index (κ1) is 23.8. The van der Waals surface area contributed by atoms with Crippen molar-refractivity contribution in [2.45, 2.75) is 64.7 Å². The maximum atomic E-state index is 10.5. The average Bonchev–Trinajstić information content (AvgIpc) is 2.76. The molecule has 6 nitrogen and oxygen atoms in total. The van der Waals surface area contributed by atoms with E-state index in [1.165, 1.54) is 12.0 Å². The maximum Gasteiger partial charge on any atom is 0.303 e. The summed E-state index contributed by atoms with van der Waals surface area (Å²) in [6.45, 7) is 4.44. The molecule has 0 saturated carbocycles. The van der Waals surface area contributed by atoms with Gasteiger partial charge in [0.2, 0.25) is 0 Å². The van der Waals surface area contributed by atoms with E-state index in [0.29, 0.717) is 18.2 Å². The molecule has 0 saturated heterocycles. The van der Waals surface area contributed by atoms with Gasteiger partial charge >= 0.3 is 5.97 Å². The number of aromatic nitrogens is 2. The largest absolute Gasteiger partial charge is 0.490 e. The van der Waals surface area contributed by atoms with Gasteiger partial charge in [-0.3, -0.25) is 4.79 Å². The number of carboxylic acids is 1. The molecule has 0 radical (unpaired) electrons. The quantitative estimate of drug-likeness (QED) is 0.375. The van der Waals surface area contributed by atoms with Gasteiger partial charge in [0, 0.05) is 25.2 Å². The average molecular weight is 415 g/mol. The second kappa shape index (κ2) is 14.5. The summed E-state index contributed by atoms with van der Waals surface area (Å²) in [4.78, 5) is 19.3. The lowest BCUT2D eigenvalue weighted by molar-refractivity contribution is -0.137. The number of hydrogen-bond donors (Lipinski definition) is 1. The molecule has 0 aliphatic heterocycles. The zero-order chi connectivity index (χ0) is 21.4. The van der Waals surface area contributed by atoms with Gasteiger partial charge in [0.25, 0.3) is 0 Å². The van der Waals surface area contributed by atoms with Crippen molar-refractivity contribution in [1.82, 2.24) is 9.97 Å². The van der Waals surface area contributed by atoms with Crippen LogP contribution in [0.25, 0.3) is 11.4 Å². The van der Waals surface area contributed by atoms with E-state index in [2.05, 4.69) is 29.0 Å². The van der Waals surface area contributed by atoms with Crippen molar-refractivity contribution in [2.75, 3.05) is 19.8 Å². The molecule has 0 atom stereocenters. The molecule has 164 valence electrons. The number of aliphatic carboxylic acids is 1. The topological polar surface area (TPSA) is 81.5 Å². The summed E-state index contributed by atoms with van der Waals surface area (Å²) in [7, 11) is 0. The van der Waals surface area contributed by atoms with Crippen LogP contribution in [0, 0.1) is 0 Å². The van der Waals surface area contributed by atoms with Crippen LogP contribution < -0.4 is 4.74 Å². The highest BCUT2D eigenvalue weighted by Crippen LogP contribution is 2.18. The molecule has 2 aromatic rings. The van der Waals surface area contributed by atoms with E-state index < -0.39 is 5.97 Å². The first-order valence-electron chi connectivity index (χ1n) is 11.0. The summed E-state index contributed by atoms with van der Waals surface area (Å²) in [6.07, 6.45) is 11.6. The molecule has 0 aliphatic rings. The molecule has 0 unspecified atom stereocenters. The molecule has 0 spiro atoms. The predicted molar refractivity (Wildman–Crippen MR) is 118 cm³/mol. The van der Waals surface area contributed by atoms with Crippen LogP contribution in [-0.2, 0) is 16.0 Å². The predicted octanol–water partition coefficient (Wildman–Crippen LogP) is 5.31. The zero-order valence-electron chi connectivity index (χ0n) is 18.0. The summed E-state index contributed by atoms with van der Waals surface area (Å²) >= 11 is 0. The number of unbranched alkanes of at least 4 members (excludes halogenated alkanes) is 4. The third-order valence-electron chi connectivity index (χ3n) is 4.79. The van der Waals surface area contributed by atoms with Gasteiger partial charge in [0.1, 0.15) is 0 Å². The Labute approximate surface area is 179 Å². The number of benzene rings is 1. The normalized spacial score (nSPS) is 10.8. The van der Waals surface area contributed by atoms with Crippen molar-refractivity contribution in [3.63, 3.8) is 0 Å². The van der Waals surface area contributed by atoms with Crippen LogP contribution in [0.2, 0.25) is 0 Å². The van der Waals surface area contributed by atoms with Gasteiger partial charge in [-0.25, -0.2) is 9.97 Å². The minimum atomic E-state index is -0.719. The van der Waals surface area contributed by atoms with Gasteiger partial charge in [0.15, 0.2) is 11.6 Å². The van der Waals surface area contributed by atoms with Crippen LogP contribution in [0.3, 0.4) is 0 Å². The van der Waals surface area contributed by atoms with Crippen LogP contribution in [0.1, 0.15) is 63.9 Å². The van der Waals surface area contributed by atoms with Crippen molar-refractivity contribution in [3.8, 4) is 17.1 Å². The number of ether oxygens (including phenoxy) is 2. The van der Waals surface area contributed by atoms with E-state index in [1.807, 2.05) is 12.1 Å². The van der Waals surface area contributed by atoms with Gasteiger partial charge in [-0.2, -0.15) is 0 Å². The Morgan fingerprint density at radius 1 is 0.900 bits per heavy atom. The minimum absolute atomic E-state index is 0.253. The number of aryl methyl sites for hydroxylation is 1. The fraction of sp³-hybridized carbons (Fsp3) is 0.542. The van der Waals surface area contributed by atoms with Crippen molar-refractivity contribution < 1.29 is 19.4 Å². The van der Waals surface area contributed by atoms with E-state index in [0.717, 1.165) is 63.7 Å². The Morgan fingerprint density at radius 3 is 2.30 bits per heavy atom. The summed E-state index contributed by atoms with van der Waals surface area (Å²) in [5, 5.41) is 8.66. The highest BCUT2D eigenvalue weighted by Gasteiger charge is 2.03. The number of rotatable bonds is 16. The molecule has 0 bridgehead atoms. The Bertz CT molecular complexity index is 717. The Morgan fingerprint density at radius 2 is 1.60 bits per heavy atom. The van der Waals surface area contributed by atoms with Gasteiger partial charge in [-0.1, -0.05) is 44.0 Å². The highest BCUT2D eigenvalue weighted by atomic mass is 16.5. The second-order valence-corrected chi connectivity index (χ2v) is 7.42. The van der Waals surface area contributed by atoms with Crippen molar-refractivity contribution >= 4 is 5.97 Å². The fourth-order valence-corrected chi connectivity index (χ4v) is 2.99. The molecule has 1 aromatic carbocycles. The van der Waals surface area contributed by atoms with Gasteiger partial charge in [-0.05, 0) is 44.1 Å². The van der Waals surface area contributed by atoms with E-state index in [-0.39, 0.29) is 6.42 Å². The first-order valence-corrected chi connectivity index (χ1v) is 11.0. The summed E-state index contributed by atoms with van der Waals surface area (Å²) < 4.78 is 11.2. The molecule has 0 fully saturated rings. The highest BCUT2D eigenvalue weighted by molar-refractivity contribution is 5.66. The van der Waals surface area contributed by atoms with E-state index in [1.54, 1.807) is 12.4 Å². The Hall–Kier alpha value is -2.47. The maximum absolute atomic E-state index is 10.5. The van der Waals surface area contributed by atoms with E-state index in [9.17, 15) is 4.79 Å². The monoisotopic (exact) mass is 414 g/mol. The summed E-state index contributed by atoms with van der Waals surface area (Å²) in [5.74, 6) is 0.645. The SMILES string of the molecule is CCCCOCCCCOc1cnc(-c2ccc(CCCCCC(=O)O)cc2)nc1. The molecular formula is C24H34N2O4. The Balaban J connectivity index is 1.67. The van der Waals surface area contributed by atoms with Crippen molar-refractivity contribution in [1.29, 1.82) is 0 Å².